The predicted molar refractivity (Wildman–Crippen MR) is 121 cm³/mol. The first-order valence-electron chi connectivity index (χ1n) is 10.3. The van der Waals surface area contributed by atoms with Crippen LogP contribution in [-0.4, -0.2) is 44.8 Å². The highest BCUT2D eigenvalue weighted by Gasteiger charge is 2.18. The van der Waals surface area contributed by atoms with Crippen molar-refractivity contribution >= 4 is 23.3 Å². The summed E-state index contributed by atoms with van der Waals surface area (Å²) in [6, 6.07) is 17.8. The highest BCUT2D eigenvalue weighted by atomic mass is 16.7. The topological polar surface area (TPSA) is 109 Å². The lowest BCUT2D eigenvalue weighted by Gasteiger charge is -2.09. The number of carbonyl (C=O) groups is 3. The second-order valence-corrected chi connectivity index (χ2v) is 7.16. The molecule has 4 rings (SSSR count). The summed E-state index contributed by atoms with van der Waals surface area (Å²) in [5.41, 5.74) is 1.18. The van der Waals surface area contributed by atoms with Crippen molar-refractivity contribution in [2.24, 2.45) is 0 Å². The van der Waals surface area contributed by atoms with Gasteiger partial charge in [-0.05, 0) is 54.6 Å². The first-order valence-corrected chi connectivity index (χ1v) is 10.3. The molecule has 0 aromatic heterocycles. The number of anilines is 1. The Bertz CT molecular complexity index is 1210. The van der Waals surface area contributed by atoms with Gasteiger partial charge in [-0.3, -0.25) is 9.59 Å². The molecule has 1 aliphatic rings. The van der Waals surface area contributed by atoms with Crippen molar-refractivity contribution < 1.29 is 38.1 Å². The number of benzene rings is 3. The van der Waals surface area contributed by atoms with Gasteiger partial charge < -0.3 is 29.0 Å². The van der Waals surface area contributed by atoms with Crippen LogP contribution in [0, 0.1) is 0 Å². The molecular formula is C25H21NO8. The molecule has 1 aliphatic heterocycles. The van der Waals surface area contributed by atoms with Gasteiger partial charge in [0.05, 0.1) is 12.7 Å². The standard InChI is InChI=1S/C25H21NO8/c1-30-20-4-2-3-18(12-20)26-24(28)14-31-19-8-5-16(6-9-19)25(29)32-13-21(27)17-7-10-22-23(11-17)34-15-33-22/h2-12H,13-15H2,1H3,(H,26,28). The second-order valence-electron chi connectivity index (χ2n) is 7.16. The molecule has 0 saturated carbocycles. The zero-order valence-corrected chi connectivity index (χ0v) is 18.2. The Labute approximate surface area is 195 Å². The minimum absolute atomic E-state index is 0.106. The van der Waals surface area contributed by atoms with E-state index in [-0.39, 0.29) is 30.7 Å². The number of hydrogen-bond donors (Lipinski definition) is 1. The van der Waals surface area contributed by atoms with Crippen LogP contribution in [0.5, 0.6) is 23.0 Å². The van der Waals surface area contributed by atoms with Gasteiger partial charge in [-0.1, -0.05) is 6.07 Å². The average Bonchev–Trinajstić information content (AvgIpc) is 3.34. The first-order chi connectivity index (χ1) is 16.5. The molecule has 0 aliphatic carbocycles. The molecule has 34 heavy (non-hydrogen) atoms. The Kier molecular flexibility index (Phi) is 6.92. The fraction of sp³-hybridized carbons (Fsp3) is 0.160. The van der Waals surface area contributed by atoms with E-state index in [1.54, 1.807) is 49.6 Å². The minimum Gasteiger partial charge on any atom is -0.497 e. The maximum absolute atomic E-state index is 12.3. The van der Waals surface area contributed by atoms with E-state index in [1.165, 1.54) is 24.3 Å². The monoisotopic (exact) mass is 463 g/mol. The maximum atomic E-state index is 12.3. The predicted octanol–water partition coefficient (Wildman–Crippen LogP) is 3.48. The van der Waals surface area contributed by atoms with Crippen LogP contribution in [-0.2, 0) is 9.53 Å². The number of rotatable bonds is 9. The number of fused-ring (bicyclic) bond motifs is 1. The average molecular weight is 463 g/mol. The van der Waals surface area contributed by atoms with Crippen LogP contribution in [0.15, 0.2) is 66.7 Å². The van der Waals surface area contributed by atoms with Crippen molar-refractivity contribution in [3.05, 3.63) is 77.9 Å². The summed E-state index contributed by atoms with van der Waals surface area (Å²) in [5, 5.41) is 2.71. The van der Waals surface area contributed by atoms with Crippen molar-refractivity contribution in [3.8, 4) is 23.0 Å². The van der Waals surface area contributed by atoms with Crippen molar-refractivity contribution in [3.63, 3.8) is 0 Å². The number of esters is 1. The smallest absolute Gasteiger partial charge is 0.338 e. The summed E-state index contributed by atoms with van der Waals surface area (Å²) < 4.78 is 26.1. The van der Waals surface area contributed by atoms with Gasteiger partial charge in [0.15, 0.2) is 30.5 Å². The highest BCUT2D eigenvalue weighted by molar-refractivity contribution is 6.00. The lowest BCUT2D eigenvalue weighted by Crippen LogP contribution is -2.20. The third-order valence-electron chi connectivity index (χ3n) is 4.84. The zero-order chi connectivity index (χ0) is 23.9. The summed E-state index contributed by atoms with van der Waals surface area (Å²) in [5.74, 6) is 0.690. The molecule has 0 fully saturated rings. The first kappa shape index (κ1) is 22.7. The van der Waals surface area contributed by atoms with Gasteiger partial charge >= 0.3 is 5.97 Å². The number of methoxy groups -OCH3 is 1. The van der Waals surface area contributed by atoms with E-state index in [1.807, 2.05) is 0 Å². The number of nitrogens with one attached hydrogen (secondary N) is 1. The lowest BCUT2D eigenvalue weighted by molar-refractivity contribution is -0.118. The molecular weight excluding hydrogens is 442 g/mol. The van der Waals surface area contributed by atoms with Crippen LogP contribution in [0.1, 0.15) is 20.7 Å². The number of carbonyl (C=O) groups excluding carboxylic acids is 3. The van der Waals surface area contributed by atoms with Gasteiger partial charge in [0.2, 0.25) is 6.79 Å². The van der Waals surface area contributed by atoms with E-state index in [2.05, 4.69) is 5.32 Å². The Morgan fingerprint density at radius 1 is 0.853 bits per heavy atom. The summed E-state index contributed by atoms with van der Waals surface area (Å²) in [6.07, 6.45) is 0. The number of ketones is 1. The molecule has 174 valence electrons. The lowest BCUT2D eigenvalue weighted by atomic mass is 10.1. The Hall–Kier alpha value is -4.53. The normalized spacial score (nSPS) is 11.4. The molecule has 0 saturated heterocycles. The molecule has 0 atom stereocenters. The molecule has 0 bridgehead atoms. The zero-order valence-electron chi connectivity index (χ0n) is 18.2. The Balaban J connectivity index is 1.24. The van der Waals surface area contributed by atoms with E-state index >= 15 is 0 Å². The number of ether oxygens (including phenoxy) is 5. The maximum Gasteiger partial charge on any atom is 0.338 e. The van der Waals surface area contributed by atoms with Crippen LogP contribution in [0.3, 0.4) is 0 Å². The van der Waals surface area contributed by atoms with Crippen LogP contribution < -0.4 is 24.3 Å². The molecule has 0 spiro atoms. The van der Waals surface area contributed by atoms with Crippen LogP contribution in [0.2, 0.25) is 0 Å². The van der Waals surface area contributed by atoms with Crippen molar-refractivity contribution in [2.45, 2.75) is 0 Å². The summed E-state index contributed by atoms with van der Waals surface area (Å²) in [4.78, 5) is 36.7. The summed E-state index contributed by atoms with van der Waals surface area (Å²) >= 11 is 0. The number of Topliss-reactive ketones (excluding diaryl/α,β-unsaturated/α-hetero) is 1. The Morgan fingerprint density at radius 3 is 2.41 bits per heavy atom. The summed E-state index contributed by atoms with van der Waals surface area (Å²) in [6.45, 7) is -0.527. The third-order valence-corrected chi connectivity index (χ3v) is 4.84. The van der Waals surface area contributed by atoms with Gasteiger partial charge in [0.25, 0.3) is 5.91 Å². The molecule has 1 amide bonds. The van der Waals surface area contributed by atoms with Crippen molar-refractivity contribution in [1.29, 1.82) is 0 Å². The van der Waals surface area contributed by atoms with Gasteiger partial charge in [0, 0.05) is 17.3 Å². The van der Waals surface area contributed by atoms with E-state index < -0.39 is 12.6 Å². The van der Waals surface area contributed by atoms with E-state index in [0.717, 1.165) is 0 Å². The highest BCUT2D eigenvalue weighted by Crippen LogP contribution is 2.32. The molecule has 0 unspecified atom stereocenters. The summed E-state index contributed by atoms with van der Waals surface area (Å²) in [7, 11) is 1.54. The van der Waals surface area contributed by atoms with E-state index in [9.17, 15) is 14.4 Å². The quantitative estimate of drug-likeness (QED) is 0.380. The Morgan fingerprint density at radius 2 is 1.62 bits per heavy atom. The number of amides is 1. The minimum atomic E-state index is -0.656. The van der Waals surface area contributed by atoms with Crippen molar-refractivity contribution in [1.82, 2.24) is 0 Å². The molecule has 9 nitrogen and oxygen atoms in total. The molecule has 1 N–H and O–H groups in total. The van der Waals surface area contributed by atoms with E-state index in [4.69, 9.17) is 23.7 Å². The largest absolute Gasteiger partial charge is 0.497 e. The van der Waals surface area contributed by atoms with Crippen molar-refractivity contribution in [2.75, 3.05) is 32.4 Å². The molecule has 1 heterocycles. The SMILES string of the molecule is COc1cccc(NC(=O)COc2ccc(C(=O)OCC(=O)c3ccc4c(c3)OCO4)cc2)c1. The van der Waals surface area contributed by atoms with Gasteiger partial charge in [-0.25, -0.2) is 4.79 Å². The third kappa shape index (κ3) is 5.63. The van der Waals surface area contributed by atoms with Gasteiger partial charge in [-0.15, -0.1) is 0 Å². The fourth-order valence-corrected chi connectivity index (χ4v) is 3.10. The van der Waals surface area contributed by atoms with Crippen LogP contribution >= 0.6 is 0 Å². The molecule has 3 aromatic carbocycles. The van der Waals surface area contributed by atoms with Gasteiger partial charge in [0.1, 0.15) is 11.5 Å². The molecule has 9 heteroatoms. The number of hydrogen-bond acceptors (Lipinski definition) is 8. The fourth-order valence-electron chi connectivity index (χ4n) is 3.10. The van der Waals surface area contributed by atoms with E-state index in [0.29, 0.717) is 34.2 Å². The van der Waals surface area contributed by atoms with Crippen LogP contribution in [0.4, 0.5) is 5.69 Å². The molecule has 0 radical (unpaired) electrons. The van der Waals surface area contributed by atoms with Gasteiger partial charge in [-0.2, -0.15) is 0 Å². The molecule has 3 aromatic rings. The van der Waals surface area contributed by atoms with Crippen LogP contribution in [0.25, 0.3) is 0 Å². The second kappa shape index (κ2) is 10.4.